The van der Waals surface area contributed by atoms with Gasteiger partial charge in [0.1, 0.15) is 5.75 Å². The summed E-state index contributed by atoms with van der Waals surface area (Å²) in [6.45, 7) is 1.89. The number of methoxy groups -OCH3 is 1. The van der Waals surface area contributed by atoms with Crippen molar-refractivity contribution >= 4 is 0 Å². The number of rotatable bonds is 2. The van der Waals surface area contributed by atoms with Crippen LogP contribution in [0.4, 0.5) is 0 Å². The van der Waals surface area contributed by atoms with Crippen LogP contribution in [0.3, 0.4) is 0 Å². The normalized spacial score (nSPS) is 10.4. The van der Waals surface area contributed by atoms with Crippen LogP contribution in [0.1, 0.15) is 5.69 Å². The van der Waals surface area contributed by atoms with Crippen LogP contribution in [0.2, 0.25) is 0 Å². The predicted molar refractivity (Wildman–Crippen MR) is 62.8 cm³/mol. The van der Waals surface area contributed by atoms with Crippen molar-refractivity contribution in [3.8, 4) is 16.9 Å². The Kier molecular flexibility index (Phi) is 2.56. The van der Waals surface area contributed by atoms with Gasteiger partial charge in [0.25, 0.3) is 5.56 Å². The molecule has 0 aliphatic carbocycles. The number of aryl methyl sites for hydroxylation is 2. The van der Waals surface area contributed by atoms with Crippen molar-refractivity contribution in [3.05, 3.63) is 40.3 Å². The number of nitrogens with zero attached hydrogens (tertiary/aromatic N) is 1. The standard InChI is InChI=1S/C12H14N2O2/c1-8-11(12(15)14(2)13-8)9-4-6-10(16-3)7-5-9/h4-7,13H,1-3H3. The Morgan fingerprint density at radius 3 is 2.31 bits per heavy atom. The molecule has 4 heteroatoms. The molecule has 0 saturated heterocycles. The van der Waals surface area contributed by atoms with Gasteiger partial charge in [-0.2, -0.15) is 0 Å². The van der Waals surface area contributed by atoms with Gasteiger partial charge in [-0.3, -0.25) is 14.6 Å². The lowest BCUT2D eigenvalue weighted by molar-refractivity contribution is 0.415. The second-order valence-electron chi connectivity index (χ2n) is 3.70. The maximum Gasteiger partial charge on any atom is 0.274 e. The summed E-state index contributed by atoms with van der Waals surface area (Å²) < 4.78 is 6.56. The second kappa shape index (κ2) is 3.89. The van der Waals surface area contributed by atoms with Gasteiger partial charge in [-0.1, -0.05) is 12.1 Å². The monoisotopic (exact) mass is 218 g/mol. The molecular weight excluding hydrogens is 204 g/mol. The summed E-state index contributed by atoms with van der Waals surface area (Å²) in [5, 5.41) is 2.98. The molecule has 0 amide bonds. The Bertz CT molecular complexity index is 549. The molecule has 1 aromatic heterocycles. The molecule has 1 aromatic carbocycles. The van der Waals surface area contributed by atoms with E-state index in [4.69, 9.17) is 4.74 Å². The lowest BCUT2D eigenvalue weighted by Crippen LogP contribution is -2.13. The molecule has 1 N–H and O–H groups in total. The summed E-state index contributed by atoms with van der Waals surface area (Å²) in [5.41, 5.74) is 2.48. The molecule has 0 atom stereocenters. The highest BCUT2D eigenvalue weighted by Gasteiger charge is 2.10. The second-order valence-corrected chi connectivity index (χ2v) is 3.70. The topological polar surface area (TPSA) is 47.0 Å². The molecule has 0 bridgehead atoms. The third-order valence-corrected chi connectivity index (χ3v) is 2.61. The first-order valence-corrected chi connectivity index (χ1v) is 5.03. The van der Waals surface area contributed by atoms with Crippen LogP contribution in [0.15, 0.2) is 29.1 Å². The highest BCUT2D eigenvalue weighted by atomic mass is 16.5. The molecule has 0 aliphatic rings. The van der Waals surface area contributed by atoms with Gasteiger partial charge >= 0.3 is 0 Å². The fourth-order valence-corrected chi connectivity index (χ4v) is 1.78. The number of nitrogens with one attached hydrogen (secondary N) is 1. The number of aromatic amines is 1. The van der Waals surface area contributed by atoms with E-state index in [9.17, 15) is 4.79 Å². The van der Waals surface area contributed by atoms with Gasteiger partial charge in [-0.25, -0.2) is 0 Å². The van der Waals surface area contributed by atoms with E-state index in [2.05, 4.69) is 5.10 Å². The number of hydrogen-bond acceptors (Lipinski definition) is 2. The molecule has 0 radical (unpaired) electrons. The van der Waals surface area contributed by atoms with Crippen LogP contribution in [0, 0.1) is 6.92 Å². The third-order valence-electron chi connectivity index (χ3n) is 2.61. The van der Waals surface area contributed by atoms with E-state index in [1.807, 2.05) is 31.2 Å². The van der Waals surface area contributed by atoms with Gasteiger partial charge in [-0.15, -0.1) is 0 Å². The number of aromatic nitrogens is 2. The summed E-state index contributed by atoms with van der Waals surface area (Å²) in [5.74, 6) is 0.786. The molecule has 0 unspecified atom stereocenters. The Labute approximate surface area is 93.5 Å². The average Bonchev–Trinajstić information content (AvgIpc) is 2.54. The molecule has 0 fully saturated rings. The molecule has 2 aromatic rings. The van der Waals surface area contributed by atoms with Crippen molar-refractivity contribution in [2.45, 2.75) is 6.92 Å². The van der Waals surface area contributed by atoms with Crippen LogP contribution in [-0.4, -0.2) is 16.9 Å². The summed E-state index contributed by atoms with van der Waals surface area (Å²) in [7, 11) is 3.33. The number of benzene rings is 1. The molecule has 0 saturated carbocycles. The molecule has 0 spiro atoms. The van der Waals surface area contributed by atoms with E-state index in [0.717, 1.165) is 17.0 Å². The van der Waals surface area contributed by atoms with Gasteiger partial charge in [-0.05, 0) is 24.6 Å². The summed E-state index contributed by atoms with van der Waals surface area (Å²) in [4.78, 5) is 11.8. The smallest absolute Gasteiger partial charge is 0.274 e. The minimum Gasteiger partial charge on any atom is -0.497 e. The van der Waals surface area contributed by atoms with Crippen molar-refractivity contribution in [1.82, 2.24) is 9.78 Å². The average molecular weight is 218 g/mol. The zero-order valence-corrected chi connectivity index (χ0v) is 9.57. The van der Waals surface area contributed by atoms with Gasteiger partial charge in [0.15, 0.2) is 0 Å². The first kappa shape index (κ1) is 10.5. The molecule has 4 nitrogen and oxygen atoms in total. The number of ether oxygens (including phenoxy) is 1. The Morgan fingerprint density at radius 2 is 1.88 bits per heavy atom. The molecule has 16 heavy (non-hydrogen) atoms. The fraction of sp³-hybridized carbons (Fsp3) is 0.250. The van der Waals surface area contributed by atoms with Crippen LogP contribution in [0.5, 0.6) is 5.75 Å². The van der Waals surface area contributed by atoms with Crippen molar-refractivity contribution in [3.63, 3.8) is 0 Å². The maximum atomic E-state index is 11.8. The van der Waals surface area contributed by atoms with E-state index < -0.39 is 0 Å². The van der Waals surface area contributed by atoms with E-state index >= 15 is 0 Å². The van der Waals surface area contributed by atoms with E-state index in [1.165, 1.54) is 4.68 Å². The quantitative estimate of drug-likeness (QED) is 0.833. The predicted octanol–water partition coefficient (Wildman–Crippen LogP) is 1.70. The van der Waals surface area contributed by atoms with Crippen LogP contribution < -0.4 is 10.3 Å². The van der Waals surface area contributed by atoms with Gasteiger partial charge in [0.2, 0.25) is 0 Å². The largest absolute Gasteiger partial charge is 0.497 e. The lowest BCUT2D eigenvalue weighted by atomic mass is 10.1. The first-order valence-electron chi connectivity index (χ1n) is 5.03. The van der Waals surface area contributed by atoms with Crippen LogP contribution in [0.25, 0.3) is 11.1 Å². The Balaban J connectivity index is 2.54. The minimum absolute atomic E-state index is 0.0114. The zero-order valence-electron chi connectivity index (χ0n) is 9.57. The zero-order chi connectivity index (χ0) is 11.7. The maximum absolute atomic E-state index is 11.8. The fourth-order valence-electron chi connectivity index (χ4n) is 1.78. The highest BCUT2D eigenvalue weighted by molar-refractivity contribution is 5.65. The minimum atomic E-state index is -0.0114. The summed E-state index contributed by atoms with van der Waals surface area (Å²) >= 11 is 0. The summed E-state index contributed by atoms with van der Waals surface area (Å²) in [6, 6.07) is 7.47. The van der Waals surface area contributed by atoms with E-state index in [1.54, 1.807) is 14.2 Å². The highest BCUT2D eigenvalue weighted by Crippen LogP contribution is 2.21. The van der Waals surface area contributed by atoms with Crippen molar-refractivity contribution < 1.29 is 4.74 Å². The van der Waals surface area contributed by atoms with E-state index in [-0.39, 0.29) is 5.56 Å². The third kappa shape index (κ3) is 1.62. The van der Waals surface area contributed by atoms with Crippen LogP contribution >= 0.6 is 0 Å². The molecule has 84 valence electrons. The lowest BCUT2D eigenvalue weighted by Gasteiger charge is -2.01. The Hall–Kier alpha value is -1.97. The number of hydrogen-bond donors (Lipinski definition) is 1. The van der Waals surface area contributed by atoms with Gasteiger partial charge < -0.3 is 4.74 Å². The Morgan fingerprint density at radius 1 is 1.25 bits per heavy atom. The van der Waals surface area contributed by atoms with Gasteiger partial charge in [0, 0.05) is 12.7 Å². The number of H-pyrrole nitrogens is 1. The van der Waals surface area contributed by atoms with Crippen molar-refractivity contribution in [1.29, 1.82) is 0 Å². The van der Waals surface area contributed by atoms with Crippen molar-refractivity contribution in [2.75, 3.05) is 7.11 Å². The molecular formula is C12H14N2O2. The van der Waals surface area contributed by atoms with E-state index in [0.29, 0.717) is 5.56 Å². The molecule has 1 heterocycles. The van der Waals surface area contributed by atoms with Crippen LogP contribution in [-0.2, 0) is 7.05 Å². The van der Waals surface area contributed by atoms with Crippen molar-refractivity contribution in [2.24, 2.45) is 7.05 Å². The summed E-state index contributed by atoms with van der Waals surface area (Å²) in [6.07, 6.45) is 0. The first-order chi connectivity index (χ1) is 7.63. The SMILES string of the molecule is COc1ccc(-c2c(C)[nH]n(C)c2=O)cc1. The molecule has 2 rings (SSSR count). The van der Waals surface area contributed by atoms with Gasteiger partial charge in [0.05, 0.1) is 12.7 Å². The molecule has 0 aliphatic heterocycles.